The zero-order valence-corrected chi connectivity index (χ0v) is 21.0. The number of hydrogen-bond donors (Lipinski definition) is 1. The average molecular weight is 545 g/mol. The van der Waals surface area contributed by atoms with Gasteiger partial charge in [0, 0.05) is 23.2 Å². The quantitative estimate of drug-likeness (QED) is 0.448. The molecule has 1 fully saturated rings. The van der Waals surface area contributed by atoms with E-state index in [4.69, 9.17) is 14.6 Å². The molecule has 0 bridgehead atoms. The van der Waals surface area contributed by atoms with Gasteiger partial charge in [-0.1, -0.05) is 0 Å². The summed E-state index contributed by atoms with van der Waals surface area (Å²) in [6, 6.07) is 6.93. The van der Waals surface area contributed by atoms with Gasteiger partial charge >= 0.3 is 5.97 Å². The molecule has 32 heavy (non-hydrogen) atoms. The molecule has 8 nitrogen and oxygen atoms in total. The fourth-order valence-corrected chi connectivity index (χ4v) is 6.96. The molecule has 0 unspecified atom stereocenters. The van der Waals surface area contributed by atoms with Crippen molar-refractivity contribution in [3.63, 3.8) is 0 Å². The molecule has 1 saturated heterocycles. The van der Waals surface area contributed by atoms with E-state index in [1.807, 2.05) is 26.0 Å². The second-order valence-corrected chi connectivity index (χ2v) is 11.1. The molecule has 0 aliphatic carbocycles. The van der Waals surface area contributed by atoms with Gasteiger partial charge in [-0.3, -0.25) is 0 Å². The Kier molecular flexibility index (Phi) is 8.43. The summed E-state index contributed by atoms with van der Waals surface area (Å²) >= 11 is 4.91. The van der Waals surface area contributed by atoms with Gasteiger partial charge in [-0.25, -0.2) is 18.2 Å². The third-order valence-electron chi connectivity index (χ3n) is 4.93. The number of benzene rings is 1. The average Bonchev–Trinajstić information content (AvgIpc) is 3.22. The maximum atomic E-state index is 13.3. The maximum absolute atomic E-state index is 13.3. The lowest BCUT2D eigenvalue weighted by Crippen LogP contribution is -2.37. The summed E-state index contributed by atoms with van der Waals surface area (Å²) in [5.41, 5.74) is 0.831. The summed E-state index contributed by atoms with van der Waals surface area (Å²) in [6.07, 6.45) is 2.93. The van der Waals surface area contributed by atoms with Gasteiger partial charge in [0.2, 0.25) is 15.9 Å². The first-order valence-corrected chi connectivity index (χ1v) is 13.3. The summed E-state index contributed by atoms with van der Waals surface area (Å²) in [7, 11) is -3.68. The molecule has 1 aliphatic rings. The van der Waals surface area contributed by atoms with E-state index in [9.17, 15) is 13.2 Å². The summed E-state index contributed by atoms with van der Waals surface area (Å²) < 4.78 is 39.2. The Labute approximate surface area is 200 Å². The van der Waals surface area contributed by atoms with Crippen LogP contribution in [-0.2, 0) is 14.8 Å². The molecule has 2 aromatic rings. The number of aliphatic carboxylic acids is 1. The highest BCUT2D eigenvalue weighted by molar-refractivity contribution is 9.10. The largest absolute Gasteiger partial charge is 0.482 e. The smallest absolute Gasteiger partial charge is 0.341 e. The van der Waals surface area contributed by atoms with E-state index in [0.29, 0.717) is 35.0 Å². The van der Waals surface area contributed by atoms with Gasteiger partial charge in [-0.05, 0) is 72.4 Å². The molecule has 3 rings (SSSR count). The van der Waals surface area contributed by atoms with E-state index in [0.717, 1.165) is 23.3 Å². The van der Waals surface area contributed by atoms with E-state index in [1.54, 1.807) is 22.1 Å². The van der Waals surface area contributed by atoms with Crippen LogP contribution in [-0.4, -0.2) is 60.3 Å². The maximum Gasteiger partial charge on any atom is 0.341 e. The van der Waals surface area contributed by atoms with Crippen molar-refractivity contribution in [2.75, 3.05) is 25.5 Å². The number of halogens is 1. The van der Waals surface area contributed by atoms with Crippen molar-refractivity contribution in [2.24, 2.45) is 0 Å². The number of carboxylic acid groups (broad SMARTS) is 1. The second-order valence-electron chi connectivity index (χ2n) is 7.22. The third kappa shape index (κ3) is 5.94. The zero-order valence-electron chi connectivity index (χ0n) is 17.8. The van der Waals surface area contributed by atoms with Crippen LogP contribution in [0.25, 0.3) is 0 Å². The van der Waals surface area contributed by atoms with Crippen LogP contribution >= 0.6 is 27.7 Å². The number of sulfonamides is 1. The van der Waals surface area contributed by atoms with Gasteiger partial charge in [-0.2, -0.15) is 4.31 Å². The molecule has 1 N–H and O–H groups in total. The van der Waals surface area contributed by atoms with E-state index in [1.165, 1.54) is 12.3 Å². The van der Waals surface area contributed by atoms with Gasteiger partial charge in [-0.15, -0.1) is 11.8 Å². The molecule has 0 amide bonds. The van der Waals surface area contributed by atoms with E-state index < -0.39 is 22.6 Å². The van der Waals surface area contributed by atoms with Gasteiger partial charge in [0.05, 0.1) is 17.3 Å². The molecule has 1 aromatic carbocycles. The summed E-state index contributed by atoms with van der Waals surface area (Å²) in [5.74, 6) is 0.473. The van der Waals surface area contributed by atoms with Crippen LogP contribution in [0, 0.1) is 6.92 Å². The van der Waals surface area contributed by atoms with Gasteiger partial charge in [0.1, 0.15) is 10.6 Å². The van der Waals surface area contributed by atoms with Crippen molar-refractivity contribution >= 4 is 43.7 Å². The van der Waals surface area contributed by atoms with Gasteiger partial charge < -0.3 is 14.6 Å². The van der Waals surface area contributed by atoms with Crippen LogP contribution in [0.4, 0.5) is 0 Å². The fraction of sp³-hybridized carbons (Fsp3) is 0.429. The van der Waals surface area contributed by atoms with Crippen molar-refractivity contribution in [1.82, 2.24) is 9.29 Å². The zero-order chi connectivity index (χ0) is 23.3. The molecule has 1 aliphatic heterocycles. The number of carbonyl (C=O) groups is 1. The minimum absolute atomic E-state index is 0.126. The van der Waals surface area contributed by atoms with Crippen LogP contribution in [0.2, 0.25) is 0 Å². The lowest BCUT2D eigenvalue weighted by Gasteiger charge is -2.24. The fourth-order valence-electron chi connectivity index (χ4n) is 3.42. The highest BCUT2D eigenvalue weighted by Gasteiger charge is 2.35. The topological polar surface area (TPSA) is 106 Å². The molecule has 0 saturated carbocycles. The molecule has 1 aromatic heterocycles. The van der Waals surface area contributed by atoms with Crippen LogP contribution in [0.3, 0.4) is 0 Å². The number of aryl methyl sites for hydroxylation is 1. The molecule has 0 radical (unpaired) electrons. The normalized spacial score (nSPS) is 16.8. The molecule has 2 heterocycles. The first kappa shape index (κ1) is 24.8. The minimum atomic E-state index is -3.68. The minimum Gasteiger partial charge on any atom is -0.482 e. The van der Waals surface area contributed by atoms with Crippen LogP contribution in [0.5, 0.6) is 11.6 Å². The monoisotopic (exact) mass is 544 g/mol. The number of carboxylic acids is 1. The Morgan fingerprint density at radius 3 is 2.78 bits per heavy atom. The summed E-state index contributed by atoms with van der Waals surface area (Å²) in [4.78, 5) is 15.9. The van der Waals surface area contributed by atoms with Gasteiger partial charge in [0.25, 0.3) is 0 Å². The molecular formula is C21H25BrN2O6S2. The highest BCUT2D eigenvalue weighted by Crippen LogP contribution is 2.33. The SMILES string of the molecule is CCOc1ncc(S(=O)(=O)N2CCC[C@H]2CSc2ccc(OCC(=O)O)c(C)c2)cc1Br. The Bertz CT molecular complexity index is 1080. The predicted octanol–water partition coefficient (Wildman–Crippen LogP) is 3.96. The molecular weight excluding hydrogens is 520 g/mol. The van der Waals surface area contributed by atoms with Crippen LogP contribution in [0.15, 0.2) is 44.7 Å². The first-order valence-electron chi connectivity index (χ1n) is 10.1. The van der Waals surface area contributed by atoms with Crippen LogP contribution in [0.1, 0.15) is 25.3 Å². The highest BCUT2D eigenvalue weighted by atomic mass is 79.9. The standard InChI is InChI=1S/C21H25BrN2O6S2/c1-3-29-21-18(22)10-17(11-23-21)32(27,28)24-8-4-5-15(24)13-31-16-6-7-19(14(2)9-16)30-12-20(25)26/h6-7,9-11,15H,3-5,8,12-13H2,1-2H3,(H,25,26)/t15-/m0/s1. The van der Waals surface area contributed by atoms with Gasteiger partial charge in [0.15, 0.2) is 6.61 Å². The van der Waals surface area contributed by atoms with E-state index in [2.05, 4.69) is 20.9 Å². The van der Waals surface area contributed by atoms with E-state index >= 15 is 0 Å². The number of rotatable bonds is 10. The number of thioether (sulfide) groups is 1. The van der Waals surface area contributed by atoms with Crippen molar-refractivity contribution in [3.8, 4) is 11.6 Å². The molecule has 0 spiro atoms. The number of hydrogen-bond acceptors (Lipinski definition) is 7. The van der Waals surface area contributed by atoms with Crippen molar-refractivity contribution in [2.45, 2.75) is 42.5 Å². The molecule has 1 atom stereocenters. The van der Waals surface area contributed by atoms with Crippen molar-refractivity contribution < 1.29 is 27.8 Å². The summed E-state index contributed by atoms with van der Waals surface area (Å²) in [5, 5.41) is 8.76. The molecule has 174 valence electrons. The number of aromatic nitrogens is 1. The van der Waals surface area contributed by atoms with Crippen molar-refractivity contribution in [3.05, 3.63) is 40.5 Å². The lowest BCUT2D eigenvalue weighted by molar-refractivity contribution is -0.139. The predicted molar refractivity (Wildman–Crippen MR) is 125 cm³/mol. The second kappa shape index (κ2) is 10.9. The Morgan fingerprint density at radius 1 is 1.34 bits per heavy atom. The van der Waals surface area contributed by atoms with E-state index in [-0.39, 0.29) is 10.9 Å². The summed E-state index contributed by atoms with van der Waals surface area (Å²) in [6.45, 7) is 4.21. The Balaban J connectivity index is 1.68. The third-order valence-corrected chi connectivity index (χ3v) is 8.56. The Hall–Kier alpha value is -1.82. The van der Waals surface area contributed by atoms with Crippen LogP contribution < -0.4 is 9.47 Å². The van der Waals surface area contributed by atoms with Crippen molar-refractivity contribution in [1.29, 1.82) is 0 Å². The Morgan fingerprint density at radius 2 is 2.12 bits per heavy atom. The number of ether oxygens (including phenoxy) is 2. The molecule has 11 heteroatoms. The first-order chi connectivity index (χ1) is 15.2. The lowest BCUT2D eigenvalue weighted by atomic mass is 10.2. The number of pyridine rings is 1. The number of nitrogens with zero attached hydrogens (tertiary/aromatic N) is 2.